The molecule has 132 valence electrons. The van der Waals surface area contributed by atoms with Crippen LogP contribution in [0, 0.1) is 5.92 Å². The summed E-state index contributed by atoms with van der Waals surface area (Å²) in [6, 6.07) is 6.66. The Kier molecular flexibility index (Phi) is 5.77. The number of rotatable bonds is 4. The molecule has 4 nitrogen and oxygen atoms in total. The van der Waals surface area contributed by atoms with Gasteiger partial charge in [-0.2, -0.15) is 0 Å². The molecule has 0 radical (unpaired) electrons. The zero-order chi connectivity index (χ0) is 16.9. The monoisotopic (exact) mass is 330 g/mol. The maximum Gasteiger partial charge on any atom is 0.225 e. The minimum absolute atomic E-state index is 0.180. The Bertz CT molecular complexity index is 537. The second kappa shape index (κ2) is 8.02. The molecular formula is C20H30N2O2. The van der Waals surface area contributed by atoms with Crippen LogP contribution >= 0.6 is 0 Å². The predicted octanol–water partition coefficient (Wildman–Crippen LogP) is 2.89. The van der Waals surface area contributed by atoms with Gasteiger partial charge in [0.25, 0.3) is 0 Å². The van der Waals surface area contributed by atoms with Crippen LogP contribution in [-0.4, -0.2) is 50.2 Å². The fourth-order valence-electron chi connectivity index (χ4n) is 3.97. The molecule has 0 saturated carbocycles. The first kappa shape index (κ1) is 17.3. The molecule has 0 aromatic heterocycles. The zero-order valence-electron chi connectivity index (χ0n) is 15.1. The summed E-state index contributed by atoms with van der Waals surface area (Å²) in [6.45, 7) is 9.50. The van der Waals surface area contributed by atoms with Gasteiger partial charge in [0.15, 0.2) is 0 Å². The van der Waals surface area contributed by atoms with Crippen LogP contribution in [0.5, 0.6) is 0 Å². The lowest BCUT2D eigenvalue weighted by atomic mass is 9.98. The molecule has 2 aliphatic rings. The van der Waals surface area contributed by atoms with E-state index >= 15 is 0 Å². The van der Waals surface area contributed by atoms with Crippen molar-refractivity contribution in [3.63, 3.8) is 0 Å². The van der Waals surface area contributed by atoms with E-state index in [0.29, 0.717) is 5.91 Å². The molecule has 1 aromatic rings. The average molecular weight is 330 g/mol. The van der Waals surface area contributed by atoms with Gasteiger partial charge in [0, 0.05) is 51.0 Å². The molecule has 2 heterocycles. The molecule has 3 rings (SSSR count). The lowest BCUT2D eigenvalue weighted by Crippen LogP contribution is -2.51. The third kappa shape index (κ3) is 3.59. The van der Waals surface area contributed by atoms with Gasteiger partial charge in [-0.25, -0.2) is 0 Å². The maximum absolute atomic E-state index is 12.7. The standard InChI is InChI=1S/C20H30N2O2/c1-3-16-6-5-7-17(4-2)19(16)21-10-12-22(13-11-21)20(23)18-8-14-24-15-9-18/h5-7,18H,3-4,8-15H2,1-2H3. The van der Waals surface area contributed by atoms with Crippen molar-refractivity contribution in [2.24, 2.45) is 5.92 Å². The topological polar surface area (TPSA) is 32.8 Å². The van der Waals surface area contributed by atoms with Crippen LogP contribution in [0.4, 0.5) is 5.69 Å². The third-order valence-electron chi connectivity index (χ3n) is 5.44. The van der Waals surface area contributed by atoms with Crippen molar-refractivity contribution in [3.05, 3.63) is 29.3 Å². The van der Waals surface area contributed by atoms with Gasteiger partial charge in [-0.15, -0.1) is 0 Å². The lowest BCUT2D eigenvalue weighted by molar-refractivity contribution is -0.138. The largest absolute Gasteiger partial charge is 0.381 e. The Morgan fingerprint density at radius 3 is 2.17 bits per heavy atom. The molecule has 0 bridgehead atoms. The molecule has 0 spiro atoms. The summed E-state index contributed by atoms with van der Waals surface area (Å²) in [5.41, 5.74) is 4.28. The minimum atomic E-state index is 0.180. The van der Waals surface area contributed by atoms with Crippen molar-refractivity contribution in [1.29, 1.82) is 0 Å². The van der Waals surface area contributed by atoms with Crippen molar-refractivity contribution >= 4 is 11.6 Å². The Hall–Kier alpha value is -1.55. The van der Waals surface area contributed by atoms with Crippen molar-refractivity contribution in [1.82, 2.24) is 4.90 Å². The molecule has 1 amide bonds. The number of amides is 1. The Morgan fingerprint density at radius 1 is 1.04 bits per heavy atom. The highest BCUT2D eigenvalue weighted by Crippen LogP contribution is 2.28. The molecule has 0 aliphatic carbocycles. The van der Waals surface area contributed by atoms with E-state index in [2.05, 4.69) is 41.8 Å². The Labute approximate surface area is 145 Å². The number of aryl methyl sites for hydroxylation is 2. The summed E-state index contributed by atoms with van der Waals surface area (Å²) < 4.78 is 5.38. The van der Waals surface area contributed by atoms with Crippen LogP contribution in [0.1, 0.15) is 37.8 Å². The van der Waals surface area contributed by atoms with Gasteiger partial charge in [0.05, 0.1) is 0 Å². The number of para-hydroxylation sites is 1. The normalized spacial score (nSPS) is 19.6. The molecular weight excluding hydrogens is 300 g/mol. The van der Waals surface area contributed by atoms with Gasteiger partial charge in [0.2, 0.25) is 5.91 Å². The highest BCUT2D eigenvalue weighted by atomic mass is 16.5. The third-order valence-corrected chi connectivity index (χ3v) is 5.44. The molecule has 0 atom stereocenters. The van der Waals surface area contributed by atoms with Crippen LogP contribution in [0.2, 0.25) is 0 Å². The van der Waals surface area contributed by atoms with E-state index < -0.39 is 0 Å². The van der Waals surface area contributed by atoms with E-state index in [4.69, 9.17) is 4.74 Å². The number of nitrogens with zero attached hydrogens (tertiary/aromatic N) is 2. The first-order valence-electron chi connectivity index (χ1n) is 9.46. The molecule has 24 heavy (non-hydrogen) atoms. The lowest BCUT2D eigenvalue weighted by Gasteiger charge is -2.39. The highest BCUT2D eigenvalue weighted by molar-refractivity contribution is 5.79. The highest BCUT2D eigenvalue weighted by Gasteiger charge is 2.29. The van der Waals surface area contributed by atoms with E-state index in [1.807, 2.05) is 0 Å². The van der Waals surface area contributed by atoms with Crippen molar-refractivity contribution < 1.29 is 9.53 Å². The Balaban J connectivity index is 1.66. The Morgan fingerprint density at radius 2 is 1.62 bits per heavy atom. The van der Waals surface area contributed by atoms with Crippen molar-refractivity contribution in [3.8, 4) is 0 Å². The molecule has 2 aliphatic heterocycles. The molecule has 1 aromatic carbocycles. The van der Waals surface area contributed by atoms with Gasteiger partial charge >= 0.3 is 0 Å². The van der Waals surface area contributed by atoms with Crippen LogP contribution < -0.4 is 4.90 Å². The first-order chi connectivity index (χ1) is 11.7. The number of carbonyl (C=O) groups excluding carboxylic acids is 1. The second-order valence-corrected chi connectivity index (χ2v) is 6.83. The van der Waals surface area contributed by atoms with E-state index in [1.54, 1.807) is 0 Å². The minimum Gasteiger partial charge on any atom is -0.381 e. The predicted molar refractivity (Wildman–Crippen MR) is 97.5 cm³/mol. The summed E-state index contributed by atoms with van der Waals surface area (Å²) in [5, 5.41) is 0. The van der Waals surface area contributed by atoms with Crippen LogP contribution in [0.3, 0.4) is 0 Å². The number of ether oxygens (including phenoxy) is 1. The van der Waals surface area contributed by atoms with E-state index in [-0.39, 0.29) is 5.92 Å². The summed E-state index contributed by atoms with van der Waals surface area (Å²) >= 11 is 0. The fraction of sp³-hybridized carbons (Fsp3) is 0.650. The van der Waals surface area contributed by atoms with E-state index in [0.717, 1.165) is 65.1 Å². The van der Waals surface area contributed by atoms with E-state index in [9.17, 15) is 4.79 Å². The SMILES string of the molecule is CCc1cccc(CC)c1N1CCN(C(=O)C2CCOCC2)CC1. The molecule has 2 fully saturated rings. The smallest absolute Gasteiger partial charge is 0.225 e. The number of carbonyl (C=O) groups is 1. The number of hydrogen-bond donors (Lipinski definition) is 0. The number of hydrogen-bond acceptors (Lipinski definition) is 3. The summed E-state index contributed by atoms with van der Waals surface area (Å²) in [6.07, 6.45) is 3.89. The molecule has 4 heteroatoms. The molecule has 0 N–H and O–H groups in total. The maximum atomic E-state index is 12.7. The van der Waals surface area contributed by atoms with Crippen LogP contribution in [0.25, 0.3) is 0 Å². The van der Waals surface area contributed by atoms with Crippen LogP contribution in [-0.2, 0) is 22.4 Å². The van der Waals surface area contributed by atoms with Gasteiger partial charge in [-0.1, -0.05) is 32.0 Å². The quantitative estimate of drug-likeness (QED) is 0.851. The van der Waals surface area contributed by atoms with Gasteiger partial charge in [0.1, 0.15) is 0 Å². The zero-order valence-corrected chi connectivity index (χ0v) is 15.1. The molecule has 0 unspecified atom stereocenters. The fourth-order valence-corrected chi connectivity index (χ4v) is 3.97. The average Bonchev–Trinajstić information content (AvgIpc) is 2.67. The van der Waals surface area contributed by atoms with Gasteiger partial charge in [-0.3, -0.25) is 4.79 Å². The summed E-state index contributed by atoms with van der Waals surface area (Å²) in [7, 11) is 0. The van der Waals surface area contributed by atoms with Crippen molar-refractivity contribution in [2.45, 2.75) is 39.5 Å². The van der Waals surface area contributed by atoms with Gasteiger partial charge < -0.3 is 14.5 Å². The van der Waals surface area contributed by atoms with Crippen molar-refractivity contribution in [2.75, 3.05) is 44.3 Å². The second-order valence-electron chi connectivity index (χ2n) is 6.83. The van der Waals surface area contributed by atoms with Crippen LogP contribution in [0.15, 0.2) is 18.2 Å². The van der Waals surface area contributed by atoms with E-state index in [1.165, 1.54) is 16.8 Å². The number of piperazine rings is 1. The number of anilines is 1. The van der Waals surface area contributed by atoms with Gasteiger partial charge in [-0.05, 0) is 36.8 Å². The molecule has 2 saturated heterocycles. The first-order valence-corrected chi connectivity index (χ1v) is 9.46. The number of benzene rings is 1. The summed E-state index contributed by atoms with van der Waals surface area (Å²) in [5.74, 6) is 0.525. The summed E-state index contributed by atoms with van der Waals surface area (Å²) in [4.78, 5) is 17.3.